The van der Waals surface area contributed by atoms with E-state index in [1.54, 1.807) is 23.2 Å². The molecule has 0 saturated carbocycles. The van der Waals surface area contributed by atoms with Crippen LogP contribution in [0, 0.1) is 0 Å². The molecule has 124 valence electrons. The number of furan rings is 1. The van der Waals surface area contributed by atoms with E-state index in [1.807, 2.05) is 6.07 Å². The summed E-state index contributed by atoms with van der Waals surface area (Å²) in [5.74, 6) is 0.697. The molecule has 2 saturated heterocycles. The van der Waals surface area contributed by atoms with E-state index in [0.29, 0.717) is 25.5 Å². The van der Waals surface area contributed by atoms with Crippen LogP contribution in [0.25, 0.3) is 0 Å². The molecule has 0 amide bonds. The third-order valence-corrected chi connectivity index (χ3v) is 6.40. The molecule has 4 heterocycles. The first-order chi connectivity index (χ1) is 11.2. The van der Waals surface area contributed by atoms with E-state index in [2.05, 4.69) is 5.10 Å². The van der Waals surface area contributed by atoms with Crippen LogP contribution in [0.3, 0.4) is 0 Å². The maximum absolute atomic E-state index is 13.0. The van der Waals surface area contributed by atoms with Crippen LogP contribution in [-0.2, 0) is 14.8 Å². The summed E-state index contributed by atoms with van der Waals surface area (Å²) in [5.41, 5.74) is 0. The highest BCUT2D eigenvalue weighted by molar-refractivity contribution is 7.89. The number of rotatable bonds is 4. The molecule has 2 aliphatic heterocycles. The summed E-state index contributed by atoms with van der Waals surface area (Å²) in [7, 11) is -3.57. The number of aromatic nitrogens is 2. The number of nitrogens with zero attached hydrogens (tertiary/aromatic N) is 3. The van der Waals surface area contributed by atoms with Gasteiger partial charge in [0.2, 0.25) is 10.0 Å². The van der Waals surface area contributed by atoms with Gasteiger partial charge in [-0.05, 0) is 31.4 Å². The van der Waals surface area contributed by atoms with Crippen LogP contribution in [0.15, 0.2) is 40.1 Å². The van der Waals surface area contributed by atoms with Gasteiger partial charge in [-0.1, -0.05) is 0 Å². The molecule has 7 nitrogen and oxygen atoms in total. The molecule has 0 aliphatic carbocycles. The summed E-state index contributed by atoms with van der Waals surface area (Å²) in [4.78, 5) is 0.239. The van der Waals surface area contributed by atoms with Crippen LogP contribution in [0.2, 0.25) is 0 Å². The van der Waals surface area contributed by atoms with Crippen molar-refractivity contribution in [3.8, 4) is 0 Å². The predicted molar refractivity (Wildman–Crippen MR) is 81.3 cm³/mol. The zero-order valence-corrected chi connectivity index (χ0v) is 13.5. The van der Waals surface area contributed by atoms with Gasteiger partial charge in [-0.2, -0.15) is 9.40 Å². The maximum atomic E-state index is 13.0. The summed E-state index contributed by atoms with van der Waals surface area (Å²) in [6, 6.07) is 3.51. The first kappa shape index (κ1) is 14.9. The Balaban J connectivity index is 1.62. The van der Waals surface area contributed by atoms with E-state index < -0.39 is 10.0 Å². The Kier molecular flexibility index (Phi) is 3.74. The summed E-state index contributed by atoms with van der Waals surface area (Å²) in [5, 5.41) is 4.23. The van der Waals surface area contributed by atoms with Gasteiger partial charge in [0, 0.05) is 19.3 Å². The molecule has 23 heavy (non-hydrogen) atoms. The van der Waals surface area contributed by atoms with Crippen molar-refractivity contribution in [2.45, 2.75) is 36.2 Å². The second kappa shape index (κ2) is 5.77. The summed E-state index contributed by atoms with van der Waals surface area (Å²) >= 11 is 0. The number of hydrogen-bond acceptors (Lipinski definition) is 5. The largest absolute Gasteiger partial charge is 0.468 e. The summed E-state index contributed by atoms with van der Waals surface area (Å²) in [6.45, 7) is 1.78. The molecule has 2 aliphatic rings. The lowest BCUT2D eigenvalue weighted by molar-refractivity contribution is 0.184. The zero-order valence-electron chi connectivity index (χ0n) is 12.7. The van der Waals surface area contributed by atoms with Gasteiger partial charge >= 0.3 is 0 Å². The second-order valence-electron chi connectivity index (χ2n) is 5.96. The third kappa shape index (κ3) is 2.60. The topological polar surface area (TPSA) is 77.6 Å². The first-order valence-corrected chi connectivity index (χ1v) is 9.27. The molecule has 4 rings (SSSR count). The quantitative estimate of drug-likeness (QED) is 0.852. The van der Waals surface area contributed by atoms with Crippen LogP contribution in [-0.4, -0.2) is 42.3 Å². The molecule has 0 N–H and O–H groups in total. The van der Waals surface area contributed by atoms with Gasteiger partial charge in [0.05, 0.1) is 31.2 Å². The van der Waals surface area contributed by atoms with Crippen LogP contribution in [0.5, 0.6) is 0 Å². The molecule has 0 bridgehead atoms. The molecule has 2 fully saturated rings. The molecule has 2 aromatic heterocycles. The third-order valence-electron chi connectivity index (χ3n) is 4.54. The molecule has 0 aromatic carbocycles. The molecule has 8 heteroatoms. The van der Waals surface area contributed by atoms with Crippen LogP contribution in [0.1, 0.15) is 37.1 Å². The minimum Gasteiger partial charge on any atom is -0.468 e. The molecular weight excluding hydrogens is 318 g/mol. The Morgan fingerprint density at radius 1 is 1.30 bits per heavy atom. The lowest BCUT2D eigenvalue weighted by atomic mass is 10.2. The minimum absolute atomic E-state index is 0.124. The maximum Gasteiger partial charge on any atom is 0.246 e. The average Bonchev–Trinajstić information content (AvgIpc) is 3.36. The van der Waals surface area contributed by atoms with Crippen LogP contribution < -0.4 is 0 Å². The fraction of sp³-hybridized carbons (Fsp3) is 0.533. The lowest BCUT2D eigenvalue weighted by Crippen LogP contribution is -2.30. The fourth-order valence-corrected chi connectivity index (χ4v) is 4.92. The minimum atomic E-state index is -3.57. The molecule has 2 aromatic rings. The average molecular weight is 337 g/mol. The number of sulfonamides is 1. The van der Waals surface area contributed by atoms with E-state index in [9.17, 15) is 8.42 Å². The van der Waals surface area contributed by atoms with Gasteiger partial charge < -0.3 is 9.15 Å². The van der Waals surface area contributed by atoms with Gasteiger partial charge in [0.25, 0.3) is 0 Å². The zero-order chi connectivity index (χ0) is 15.9. The SMILES string of the molecule is O=S(=O)(c1cnn(C2CCOC2)c1)N1CCCC1c1ccco1. The number of ether oxygens (including phenoxy) is 1. The Morgan fingerprint density at radius 3 is 2.96 bits per heavy atom. The Labute approximate surface area is 134 Å². The van der Waals surface area contributed by atoms with E-state index in [0.717, 1.165) is 19.3 Å². The van der Waals surface area contributed by atoms with Gasteiger partial charge in [-0.25, -0.2) is 8.42 Å². The normalized spacial score (nSPS) is 26.1. The van der Waals surface area contributed by atoms with Crippen molar-refractivity contribution in [2.75, 3.05) is 19.8 Å². The first-order valence-electron chi connectivity index (χ1n) is 7.83. The van der Waals surface area contributed by atoms with Crippen molar-refractivity contribution >= 4 is 10.0 Å². The standard InChI is InChI=1S/C15H19N3O4S/c19-23(20,13-9-16-17(10-13)12-5-8-21-11-12)18-6-1-3-14(18)15-4-2-7-22-15/h2,4,7,9-10,12,14H,1,3,5-6,8,11H2. The van der Waals surface area contributed by atoms with Gasteiger partial charge in [0.1, 0.15) is 10.7 Å². The van der Waals surface area contributed by atoms with E-state index in [4.69, 9.17) is 9.15 Å². The van der Waals surface area contributed by atoms with Gasteiger partial charge in [0.15, 0.2) is 0 Å². The molecule has 2 unspecified atom stereocenters. The molecule has 0 radical (unpaired) electrons. The van der Waals surface area contributed by atoms with Crippen molar-refractivity contribution in [3.05, 3.63) is 36.5 Å². The van der Waals surface area contributed by atoms with Crippen LogP contribution >= 0.6 is 0 Å². The highest BCUT2D eigenvalue weighted by atomic mass is 32.2. The van der Waals surface area contributed by atoms with Crippen molar-refractivity contribution in [3.63, 3.8) is 0 Å². The highest BCUT2D eigenvalue weighted by Crippen LogP contribution is 2.36. The number of hydrogen-bond donors (Lipinski definition) is 0. The Morgan fingerprint density at radius 2 is 2.22 bits per heavy atom. The van der Waals surface area contributed by atoms with Gasteiger partial charge in [-0.3, -0.25) is 4.68 Å². The highest BCUT2D eigenvalue weighted by Gasteiger charge is 2.38. The molecule has 0 spiro atoms. The van der Waals surface area contributed by atoms with Crippen molar-refractivity contribution in [1.29, 1.82) is 0 Å². The van der Waals surface area contributed by atoms with Crippen molar-refractivity contribution in [1.82, 2.24) is 14.1 Å². The Bertz CT molecular complexity index is 763. The monoisotopic (exact) mass is 337 g/mol. The lowest BCUT2D eigenvalue weighted by Gasteiger charge is -2.21. The fourth-order valence-electron chi connectivity index (χ4n) is 3.31. The van der Waals surface area contributed by atoms with Gasteiger partial charge in [-0.15, -0.1) is 0 Å². The smallest absolute Gasteiger partial charge is 0.246 e. The van der Waals surface area contributed by atoms with E-state index in [-0.39, 0.29) is 17.0 Å². The molecule has 2 atom stereocenters. The summed E-state index contributed by atoms with van der Waals surface area (Å²) in [6.07, 6.45) is 7.10. The second-order valence-corrected chi connectivity index (χ2v) is 7.85. The van der Waals surface area contributed by atoms with Crippen LogP contribution in [0.4, 0.5) is 0 Å². The van der Waals surface area contributed by atoms with Crippen molar-refractivity contribution in [2.24, 2.45) is 0 Å². The Hall–Kier alpha value is -1.64. The summed E-state index contributed by atoms with van der Waals surface area (Å²) < 4.78 is 39.9. The van der Waals surface area contributed by atoms with Crippen molar-refractivity contribution < 1.29 is 17.6 Å². The predicted octanol–water partition coefficient (Wildman–Crippen LogP) is 1.96. The van der Waals surface area contributed by atoms with E-state index >= 15 is 0 Å². The van der Waals surface area contributed by atoms with E-state index in [1.165, 1.54) is 10.5 Å². The molecular formula is C15H19N3O4S.